The monoisotopic (exact) mass is 376 g/mol. The Labute approximate surface area is 159 Å². The van der Waals surface area contributed by atoms with E-state index in [-0.39, 0.29) is 17.7 Å². The van der Waals surface area contributed by atoms with Gasteiger partial charge in [0.15, 0.2) is 11.5 Å². The van der Waals surface area contributed by atoms with E-state index in [4.69, 9.17) is 9.47 Å². The number of phenols is 1. The molecule has 2 aliphatic heterocycles. The minimum Gasteiger partial charge on any atom is -0.504 e. The summed E-state index contributed by atoms with van der Waals surface area (Å²) in [4.78, 5) is 28.4. The van der Waals surface area contributed by atoms with Gasteiger partial charge in [-0.05, 0) is 30.5 Å². The van der Waals surface area contributed by atoms with E-state index >= 15 is 0 Å². The highest BCUT2D eigenvalue weighted by Crippen LogP contribution is 2.34. The molecule has 1 spiro atoms. The van der Waals surface area contributed by atoms with Gasteiger partial charge in [0.25, 0.3) is 5.91 Å². The van der Waals surface area contributed by atoms with Gasteiger partial charge in [-0.2, -0.15) is 0 Å². The zero-order chi connectivity index (χ0) is 19.6. The van der Waals surface area contributed by atoms with Crippen molar-refractivity contribution >= 4 is 12.0 Å². The summed E-state index contributed by atoms with van der Waals surface area (Å²) in [5.41, 5.74) is -0.0568. The first kappa shape index (κ1) is 19.3. The summed E-state index contributed by atoms with van der Waals surface area (Å²) in [5.74, 6) is 0.685. The Hall–Kier alpha value is -2.44. The van der Waals surface area contributed by atoms with Crippen LogP contribution in [0.4, 0.5) is 4.79 Å². The van der Waals surface area contributed by atoms with Crippen molar-refractivity contribution in [2.24, 2.45) is 5.92 Å². The molecule has 2 amide bonds. The predicted octanol–water partition coefficient (Wildman–Crippen LogP) is 2.87. The Morgan fingerprint density at radius 1 is 1.33 bits per heavy atom. The molecular weight excluding hydrogens is 348 g/mol. The molecule has 27 heavy (non-hydrogen) atoms. The maximum absolute atomic E-state index is 12.7. The largest absolute Gasteiger partial charge is 0.504 e. The van der Waals surface area contributed by atoms with Crippen molar-refractivity contribution < 1.29 is 24.2 Å². The highest BCUT2D eigenvalue weighted by atomic mass is 16.6. The Bertz CT molecular complexity index is 710. The molecule has 0 radical (unpaired) electrons. The number of carbonyl (C=O) groups is 2. The van der Waals surface area contributed by atoms with E-state index in [2.05, 4.69) is 13.8 Å². The quantitative estimate of drug-likeness (QED) is 0.855. The number of piperidine rings is 1. The summed E-state index contributed by atoms with van der Waals surface area (Å²) < 4.78 is 10.7. The third-order valence-corrected chi connectivity index (χ3v) is 5.41. The molecule has 1 aromatic rings. The van der Waals surface area contributed by atoms with E-state index in [9.17, 15) is 14.7 Å². The summed E-state index contributed by atoms with van der Waals surface area (Å²) in [7, 11) is 1.47. The van der Waals surface area contributed by atoms with Crippen molar-refractivity contribution in [2.45, 2.75) is 38.7 Å². The van der Waals surface area contributed by atoms with Gasteiger partial charge in [0.05, 0.1) is 13.7 Å². The lowest BCUT2D eigenvalue weighted by atomic mass is 9.91. The van der Waals surface area contributed by atoms with Gasteiger partial charge in [0.2, 0.25) is 0 Å². The normalized spacial score (nSPS) is 18.9. The van der Waals surface area contributed by atoms with Crippen LogP contribution in [-0.4, -0.2) is 65.8 Å². The first-order valence-electron chi connectivity index (χ1n) is 9.48. The fourth-order valence-electron chi connectivity index (χ4n) is 3.66. The first-order chi connectivity index (χ1) is 12.8. The van der Waals surface area contributed by atoms with Crippen molar-refractivity contribution in [3.63, 3.8) is 0 Å². The maximum atomic E-state index is 12.7. The van der Waals surface area contributed by atoms with Gasteiger partial charge < -0.3 is 24.4 Å². The van der Waals surface area contributed by atoms with Crippen molar-refractivity contribution in [3.05, 3.63) is 23.8 Å². The summed E-state index contributed by atoms with van der Waals surface area (Å²) in [5, 5.41) is 9.90. The number of ether oxygens (including phenoxy) is 2. The van der Waals surface area contributed by atoms with Crippen LogP contribution in [0.25, 0.3) is 0 Å². The molecule has 3 rings (SSSR count). The zero-order valence-corrected chi connectivity index (χ0v) is 16.2. The lowest BCUT2D eigenvalue weighted by Gasteiger charge is -2.37. The standard InChI is InChI=1S/C20H28N2O5/c1-14(2)6-9-22-13-20(27-19(22)25)7-10-21(11-8-20)18(24)15-4-5-17(26-3)16(23)12-15/h4-5,12,14,23H,6-11,13H2,1-3H3. The van der Waals surface area contributed by atoms with Crippen molar-refractivity contribution in [2.75, 3.05) is 33.3 Å². The van der Waals surface area contributed by atoms with Gasteiger partial charge >= 0.3 is 6.09 Å². The molecule has 1 aromatic carbocycles. The second kappa shape index (κ2) is 7.66. The third-order valence-electron chi connectivity index (χ3n) is 5.41. The molecule has 2 saturated heterocycles. The number of aromatic hydroxyl groups is 1. The molecular formula is C20H28N2O5. The number of hydrogen-bond acceptors (Lipinski definition) is 5. The lowest BCUT2D eigenvalue weighted by molar-refractivity contribution is 0.00311. The molecule has 2 heterocycles. The molecule has 7 heteroatoms. The lowest BCUT2D eigenvalue weighted by Crippen LogP contribution is -2.48. The Balaban J connectivity index is 1.59. The van der Waals surface area contributed by atoms with Crippen LogP contribution in [-0.2, 0) is 4.74 Å². The summed E-state index contributed by atoms with van der Waals surface area (Å²) in [6.45, 7) is 6.64. The Morgan fingerprint density at radius 3 is 2.63 bits per heavy atom. The van der Waals surface area contributed by atoms with Gasteiger partial charge in [0, 0.05) is 38.0 Å². The molecule has 1 N–H and O–H groups in total. The fraction of sp³-hybridized carbons (Fsp3) is 0.600. The summed E-state index contributed by atoms with van der Waals surface area (Å²) >= 11 is 0. The van der Waals surface area contributed by atoms with Gasteiger partial charge in [-0.25, -0.2) is 4.79 Å². The van der Waals surface area contributed by atoms with Crippen LogP contribution in [0.1, 0.15) is 43.5 Å². The zero-order valence-electron chi connectivity index (χ0n) is 16.2. The molecule has 0 atom stereocenters. The van der Waals surface area contributed by atoms with Crippen LogP contribution in [0.2, 0.25) is 0 Å². The number of likely N-dealkylation sites (tertiary alicyclic amines) is 1. The second-order valence-electron chi connectivity index (χ2n) is 7.83. The number of phenolic OH excluding ortho intramolecular Hbond substituents is 1. The minimum atomic E-state index is -0.479. The number of benzene rings is 1. The number of hydrogen-bond donors (Lipinski definition) is 1. The highest BCUT2D eigenvalue weighted by molar-refractivity contribution is 5.95. The fourth-order valence-corrected chi connectivity index (χ4v) is 3.66. The third kappa shape index (κ3) is 4.12. The SMILES string of the molecule is COc1ccc(C(=O)N2CCC3(CC2)CN(CCC(C)C)C(=O)O3)cc1O. The van der Waals surface area contributed by atoms with E-state index in [0.717, 1.165) is 6.42 Å². The molecule has 148 valence electrons. The Kier molecular flexibility index (Phi) is 5.48. The van der Waals surface area contributed by atoms with E-state index < -0.39 is 5.60 Å². The van der Waals surface area contributed by atoms with Crippen molar-refractivity contribution in [1.29, 1.82) is 0 Å². The van der Waals surface area contributed by atoms with Crippen LogP contribution in [0.3, 0.4) is 0 Å². The molecule has 2 aliphatic rings. The number of carbonyl (C=O) groups excluding carboxylic acids is 2. The van der Waals surface area contributed by atoms with Gasteiger partial charge in [-0.1, -0.05) is 13.8 Å². The molecule has 0 saturated carbocycles. The van der Waals surface area contributed by atoms with E-state index in [1.54, 1.807) is 21.9 Å². The molecule has 0 unspecified atom stereocenters. The highest BCUT2D eigenvalue weighted by Gasteiger charge is 2.47. The van der Waals surface area contributed by atoms with Crippen LogP contribution in [0.5, 0.6) is 11.5 Å². The molecule has 2 fully saturated rings. The summed E-state index contributed by atoms with van der Waals surface area (Å²) in [6, 6.07) is 4.66. The van der Waals surface area contributed by atoms with Gasteiger partial charge in [-0.15, -0.1) is 0 Å². The second-order valence-corrected chi connectivity index (χ2v) is 7.83. The Morgan fingerprint density at radius 2 is 2.04 bits per heavy atom. The number of rotatable bonds is 5. The molecule has 0 aliphatic carbocycles. The predicted molar refractivity (Wildman–Crippen MR) is 100 cm³/mol. The van der Waals surface area contributed by atoms with Crippen LogP contribution >= 0.6 is 0 Å². The molecule has 7 nitrogen and oxygen atoms in total. The van der Waals surface area contributed by atoms with Crippen LogP contribution < -0.4 is 4.74 Å². The van der Waals surface area contributed by atoms with E-state index in [1.807, 2.05) is 0 Å². The molecule has 0 bridgehead atoms. The van der Waals surface area contributed by atoms with Crippen LogP contribution in [0, 0.1) is 5.92 Å². The smallest absolute Gasteiger partial charge is 0.410 e. The number of nitrogens with zero attached hydrogens (tertiary/aromatic N) is 2. The average molecular weight is 376 g/mol. The van der Waals surface area contributed by atoms with Gasteiger partial charge in [-0.3, -0.25) is 4.79 Å². The first-order valence-corrected chi connectivity index (χ1v) is 9.48. The minimum absolute atomic E-state index is 0.0534. The van der Waals surface area contributed by atoms with Crippen LogP contribution in [0.15, 0.2) is 18.2 Å². The van der Waals surface area contributed by atoms with E-state index in [0.29, 0.717) is 56.3 Å². The van der Waals surface area contributed by atoms with Crippen molar-refractivity contribution in [3.8, 4) is 11.5 Å². The maximum Gasteiger partial charge on any atom is 0.410 e. The summed E-state index contributed by atoms with van der Waals surface area (Å²) in [6.07, 6.45) is 1.97. The number of methoxy groups -OCH3 is 1. The van der Waals surface area contributed by atoms with Gasteiger partial charge in [0.1, 0.15) is 5.60 Å². The van der Waals surface area contributed by atoms with E-state index in [1.165, 1.54) is 13.2 Å². The molecule has 0 aromatic heterocycles. The van der Waals surface area contributed by atoms with Crippen molar-refractivity contribution in [1.82, 2.24) is 9.80 Å². The number of amides is 2. The topological polar surface area (TPSA) is 79.3 Å². The average Bonchev–Trinajstić information content (AvgIpc) is 2.95.